The van der Waals surface area contributed by atoms with Crippen LogP contribution in [0.25, 0.3) is 0 Å². The molecule has 1 rings (SSSR count). The molecule has 1 aromatic rings. The van der Waals surface area contributed by atoms with Crippen molar-refractivity contribution in [2.75, 3.05) is 0 Å². The smallest absolute Gasteiger partial charge is 0.0721 e. The van der Waals surface area contributed by atoms with E-state index in [9.17, 15) is 19.8 Å². The van der Waals surface area contributed by atoms with Crippen LogP contribution < -0.4 is 10.2 Å². The van der Waals surface area contributed by atoms with Gasteiger partial charge in [0.2, 0.25) is 0 Å². The quantitative estimate of drug-likeness (QED) is 0.126. The number of aromatic carboxylic acids is 2. The molecule has 0 unspecified atom stereocenters. The second kappa shape index (κ2) is 29.7. The monoisotopic (exact) mass is 746 g/mol. The zero-order chi connectivity index (χ0) is 29.0. The molecule has 4 nitrogen and oxygen atoms in total. The van der Waals surface area contributed by atoms with Gasteiger partial charge in [0.15, 0.2) is 0 Å². The zero-order valence-corrected chi connectivity index (χ0v) is 31.4. The van der Waals surface area contributed by atoms with Crippen LogP contribution in [-0.4, -0.2) is 51.5 Å². The van der Waals surface area contributed by atoms with E-state index in [1.165, 1.54) is 89.2 Å². The van der Waals surface area contributed by atoms with Gasteiger partial charge < -0.3 is 19.8 Å². The molecule has 0 amide bonds. The van der Waals surface area contributed by atoms with Crippen molar-refractivity contribution in [3.8, 4) is 0 Å². The summed E-state index contributed by atoms with van der Waals surface area (Å²) in [6, 6.07) is 5.14. The molecule has 0 aliphatic heterocycles. The zero-order valence-electron chi connectivity index (χ0n) is 25.7. The minimum Gasteiger partial charge on any atom is -0.545 e. The van der Waals surface area contributed by atoms with Crippen molar-refractivity contribution in [1.82, 2.24) is 0 Å². The average Bonchev–Trinajstić information content (AvgIpc) is 2.92. The van der Waals surface area contributed by atoms with E-state index in [2.05, 4.69) is 41.5 Å². The van der Waals surface area contributed by atoms with Crippen molar-refractivity contribution < 1.29 is 19.8 Å². The second-order valence-electron chi connectivity index (χ2n) is 10.2. The third kappa shape index (κ3) is 23.6. The molecule has 0 aliphatic rings. The molecule has 38 heavy (non-hydrogen) atoms. The van der Waals surface area contributed by atoms with Gasteiger partial charge in [-0.25, -0.2) is 0 Å². The molecular weight excluding hydrogens is 686 g/mol. The Labute approximate surface area is 250 Å². The van der Waals surface area contributed by atoms with E-state index in [4.69, 9.17) is 0 Å². The maximum absolute atomic E-state index is 10.3. The van der Waals surface area contributed by atoms with Gasteiger partial charge in [0.05, 0.1) is 11.9 Å². The van der Waals surface area contributed by atoms with Crippen LogP contribution in [0.15, 0.2) is 24.3 Å². The molecule has 6 heteroatoms. The average molecular weight is 744 g/mol. The standard InChI is InChI=1S/C8H6O4.6C4H9.2Sn/c9-7(10)5-3-1-2-4-6(5)8(11)12;6*1-3-4-2;;/h1-4H,(H,9,10)(H,11,12);6*1,3-4H2,2H3;;/q;;;;;;;2*+1/p-2. The first-order chi connectivity index (χ1) is 18.3. The molecule has 0 atom stereocenters. The first-order valence-corrected chi connectivity index (χ1v) is 27.6. The molecule has 218 valence electrons. The van der Waals surface area contributed by atoms with Gasteiger partial charge in [-0.2, -0.15) is 0 Å². The molecule has 0 aromatic heterocycles. The fourth-order valence-corrected chi connectivity index (χ4v) is 23.0. The van der Waals surface area contributed by atoms with Gasteiger partial charge in [0, 0.05) is 11.1 Å². The Hall–Kier alpha value is -0.243. The van der Waals surface area contributed by atoms with Crippen molar-refractivity contribution >= 4 is 51.5 Å². The van der Waals surface area contributed by atoms with Gasteiger partial charge >= 0.3 is 185 Å². The topological polar surface area (TPSA) is 80.3 Å². The summed E-state index contributed by atoms with van der Waals surface area (Å²) in [6.45, 7) is 14.0. The Morgan fingerprint density at radius 1 is 0.500 bits per heavy atom. The van der Waals surface area contributed by atoms with Gasteiger partial charge in [-0.05, 0) is 0 Å². The third-order valence-corrected chi connectivity index (χ3v) is 24.8. The molecule has 0 fully saturated rings. The maximum Gasteiger partial charge on any atom is 0.0721 e. The van der Waals surface area contributed by atoms with Gasteiger partial charge in [-0.1, -0.05) is 24.3 Å². The molecule has 0 heterocycles. The Morgan fingerprint density at radius 2 is 0.711 bits per heavy atom. The predicted molar refractivity (Wildman–Crippen MR) is 165 cm³/mol. The summed E-state index contributed by atoms with van der Waals surface area (Å²) >= 11 is -1.68. The Morgan fingerprint density at radius 3 is 0.868 bits per heavy atom. The van der Waals surface area contributed by atoms with Crippen LogP contribution in [0, 0.1) is 0 Å². The summed E-state index contributed by atoms with van der Waals surface area (Å²) in [6.07, 6.45) is 17.7. The maximum atomic E-state index is 10.3. The first-order valence-electron chi connectivity index (χ1n) is 15.5. The van der Waals surface area contributed by atoms with Gasteiger partial charge in [0.25, 0.3) is 0 Å². The third-order valence-electron chi connectivity index (χ3n) is 6.67. The van der Waals surface area contributed by atoms with Crippen LogP contribution in [-0.2, 0) is 0 Å². The summed E-state index contributed by atoms with van der Waals surface area (Å²) in [5, 5.41) is 20.6. The normalized spacial score (nSPS) is 10.1. The number of carboxylic acids is 2. The SMILES string of the molecule is CCC[CH2][Sn+]([CH2]CCC)[CH2]CCC.CCC[CH2][Sn+]([CH2]CCC)[CH2]CCC.O=C([O-])c1ccccc1C(=O)[O-]. The van der Waals surface area contributed by atoms with E-state index in [0.29, 0.717) is 0 Å². The van der Waals surface area contributed by atoms with Crippen molar-refractivity contribution in [2.45, 2.75) is 145 Å². The molecule has 0 bridgehead atoms. The van der Waals surface area contributed by atoms with E-state index in [-0.39, 0.29) is 11.1 Å². The molecular formula is C32H58O4Sn2. The Balaban J connectivity index is 0. The number of carbonyl (C=O) groups excluding carboxylic acids is 2. The van der Waals surface area contributed by atoms with E-state index in [1.807, 2.05) is 0 Å². The fourth-order valence-electron chi connectivity index (χ4n) is 4.15. The van der Waals surface area contributed by atoms with Crippen molar-refractivity contribution in [1.29, 1.82) is 0 Å². The number of rotatable bonds is 20. The fraction of sp³-hybridized carbons (Fsp3) is 0.750. The Bertz CT molecular complexity index is 586. The number of hydrogen-bond acceptors (Lipinski definition) is 4. The van der Waals surface area contributed by atoms with Crippen LogP contribution in [0.4, 0.5) is 0 Å². The number of unbranched alkanes of at least 4 members (excludes halogenated alkanes) is 6. The minimum atomic E-state index is -1.52. The Kier molecular flexibility index (Phi) is 31.2. The number of carbonyl (C=O) groups is 2. The second-order valence-corrected chi connectivity index (χ2v) is 27.4. The molecule has 0 aliphatic carbocycles. The first kappa shape index (κ1) is 39.9. The molecule has 0 spiro atoms. The van der Waals surface area contributed by atoms with Crippen LogP contribution in [0.2, 0.25) is 26.6 Å². The van der Waals surface area contributed by atoms with Gasteiger partial charge in [-0.3, -0.25) is 0 Å². The van der Waals surface area contributed by atoms with Gasteiger partial charge in [0.1, 0.15) is 0 Å². The molecule has 0 saturated heterocycles. The van der Waals surface area contributed by atoms with Crippen LogP contribution in [0.1, 0.15) is 139 Å². The minimum absolute atomic E-state index is 0.363. The van der Waals surface area contributed by atoms with Gasteiger partial charge in [-0.15, -0.1) is 0 Å². The number of carboxylic acid groups (broad SMARTS) is 2. The molecule has 0 N–H and O–H groups in total. The molecule has 0 saturated carbocycles. The van der Waals surface area contributed by atoms with E-state index in [0.717, 1.165) is 12.1 Å². The largest absolute Gasteiger partial charge is 0.545 e. The summed E-state index contributed by atoms with van der Waals surface area (Å²) in [5.41, 5.74) is -0.727. The molecule has 0 radical (unpaired) electrons. The van der Waals surface area contributed by atoms with Crippen molar-refractivity contribution in [2.24, 2.45) is 0 Å². The number of hydrogen-bond donors (Lipinski definition) is 0. The summed E-state index contributed by atoms with van der Waals surface area (Å²) < 4.78 is 10.1. The van der Waals surface area contributed by atoms with Crippen molar-refractivity contribution in [3.63, 3.8) is 0 Å². The van der Waals surface area contributed by atoms with Crippen LogP contribution in [0.5, 0.6) is 0 Å². The summed E-state index contributed by atoms with van der Waals surface area (Å²) in [7, 11) is 0. The van der Waals surface area contributed by atoms with E-state index < -0.39 is 51.5 Å². The predicted octanol–water partition coefficient (Wildman–Crippen LogP) is 8.18. The van der Waals surface area contributed by atoms with Crippen LogP contribution >= 0.6 is 0 Å². The number of benzene rings is 1. The summed E-state index contributed by atoms with van der Waals surface area (Å²) in [5.74, 6) is -3.04. The molecule has 1 aromatic carbocycles. The van der Waals surface area contributed by atoms with E-state index >= 15 is 0 Å². The van der Waals surface area contributed by atoms with E-state index in [1.54, 1.807) is 26.6 Å². The van der Waals surface area contributed by atoms with Crippen LogP contribution in [0.3, 0.4) is 0 Å². The van der Waals surface area contributed by atoms with Crippen molar-refractivity contribution in [3.05, 3.63) is 35.4 Å². The summed E-state index contributed by atoms with van der Waals surface area (Å²) in [4.78, 5) is 20.6.